The Hall–Kier alpha value is -1.34. The van der Waals surface area contributed by atoms with E-state index >= 15 is 0 Å². The van der Waals surface area contributed by atoms with Crippen LogP contribution in [0.15, 0.2) is 0 Å². The van der Waals surface area contributed by atoms with Crippen LogP contribution >= 0.6 is 0 Å². The largest absolute Gasteiger partial charge is 0.480 e. The van der Waals surface area contributed by atoms with Crippen LogP contribution in [0.25, 0.3) is 0 Å². The smallest absolute Gasteiger partial charge is 0.329 e. The van der Waals surface area contributed by atoms with Gasteiger partial charge in [0.1, 0.15) is 5.54 Å². The number of methoxy groups -OCH3 is 2. The van der Waals surface area contributed by atoms with Crippen molar-refractivity contribution in [3.8, 4) is 0 Å². The van der Waals surface area contributed by atoms with Crippen molar-refractivity contribution < 1.29 is 24.2 Å². The van der Waals surface area contributed by atoms with E-state index in [0.717, 1.165) is 12.8 Å². The molecule has 2 amide bonds. The Morgan fingerprint density at radius 1 is 1.32 bits per heavy atom. The lowest BCUT2D eigenvalue weighted by Crippen LogP contribution is -2.56. The summed E-state index contributed by atoms with van der Waals surface area (Å²) in [5.41, 5.74) is -1.12. The molecule has 1 rings (SSSR count). The third kappa shape index (κ3) is 4.36. The molecule has 0 aromatic rings. The standard InChI is InChI=1S/C12H22N2O5/c1-18-8-9(19-2)7-13-11(17)14-12(10(15)16)5-3-4-6-12/h9H,3-8H2,1-2H3,(H,15,16)(H2,13,14,17). The van der Waals surface area contributed by atoms with Gasteiger partial charge in [0, 0.05) is 20.8 Å². The number of carboxylic acids is 1. The van der Waals surface area contributed by atoms with Crippen LogP contribution in [0.4, 0.5) is 4.79 Å². The minimum Gasteiger partial charge on any atom is -0.480 e. The molecule has 7 nitrogen and oxygen atoms in total. The summed E-state index contributed by atoms with van der Waals surface area (Å²) in [5, 5.41) is 14.4. The summed E-state index contributed by atoms with van der Waals surface area (Å²) in [5.74, 6) is -0.972. The number of urea groups is 1. The molecular formula is C12H22N2O5. The van der Waals surface area contributed by atoms with Gasteiger partial charge in [0.05, 0.1) is 12.7 Å². The molecule has 0 aliphatic heterocycles. The molecule has 3 N–H and O–H groups in total. The Balaban J connectivity index is 2.43. The number of amides is 2. The third-order valence-electron chi connectivity index (χ3n) is 3.40. The number of nitrogens with one attached hydrogen (secondary N) is 2. The summed E-state index contributed by atoms with van der Waals surface area (Å²) in [6.07, 6.45) is 2.33. The fourth-order valence-electron chi connectivity index (χ4n) is 2.24. The van der Waals surface area contributed by atoms with Crippen molar-refractivity contribution in [2.75, 3.05) is 27.4 Å². The number of hydrogen-bond donors (Lipinski definition) is 3. The van der Waals surface area contributed by atoms with E-state index in [9.17, 15) is 14.7 Å². The summed E-state index contributed by atoms with van der Waals surface area (Å²) < 4.78 is 10.0. The SMILES string of the molecule is COCC(CNC(=O)NC1(C(=O)O)CCCC1)OC. The van der Waals surface area contributed by atoms with Gasteiger partial charge in [-0.2, -0.15) is 0 Å². The number of rotatable bonds is 7. The Bertz CT molecular complexity index is 315. The van der Waals surface area contributed by atoms with E-state index < -0.39 is 17.5 Å². The molecule has 19 heavy (non-hydrogen) atoms. The van der Waals surface area contributed by atoms with Crippen molar-refractivity contribution in [2.45, 2.75) is 37.3 Å². The Labute approximate surface area is 112 Å². The van der Waals surface area contributed by atoms with Gasteiger partial charge in [-0.3, -0.25) is 0 Å². The summed E-state index contributed by atoms with van der Waals surface area (Å²) in [7, 11) is 3.07. The Morgan fingerprint density at radius 2 is 1.95 bits per heavy atom. The first-order chi connectivity index (χ1) is 9.04. The summed E-state index contributed by atoms with van der Waals surface area (Å²) >= 11 is 0. The normalized spacial score (nSPS) is 18.8. The first-order valence-electron chi connectivity index (χ1n) is 6.35. The van der Waals surface area contributed by atoms with Crippen molar-refractivity contribution >= 4 is 12.0 Å². The van der Waals surface area contributed by atoms with E-state index in [1.165, 1.54) is 7.11 Å². The van der Waals surface area contributed by atoms with Gasteiger partial charge in [0.25, 0.3) is 0 Å². The van der Waals surface area contributed by atoms with Gasteiger partial charge in [-0.05, 0) is 12.8 Å². The van der Waals surface area contributed by atoms with Crippen LogP contribution in [-0.2, 0) is 14.3 Å². The highest BCUT2D eigenvalue weighted by molar-refractivity contribution is 5.86. The Kier molecular flexibility index (Phi) is 6.04. The van der Waals surface area contributed by atoms with Crippen LogP contribution in [0.3, 0.4) is 0 Å². The van der Waals surface area contributed by atoms with E-state index in [-0.39, 0.29) is 12.6 Å². The molecule has 1 aliphatic rings. The van der Waals surface area contributed by atoms with Crippen LogP contribution < -0.4 is 10.6 Å². The van der Waals surface area contributed by atoms with Gasteiger partial charge in [-0.25, -0.2) is 9.59 Å². The second-order valence-electron chi connectivity index (χ2n) is 4.74. The van der Waals surface area contributed by atoms with E-state index in [1.807, 2.05) is 0 Å². The van der Waals surface area contributed by atoms with Crippen molar-refractivity contribution in [2.24, 2.45) is 0 Å². The predicted octanol–water partition coefficient (Wildman–Crippen LogP) is 0.344. The average Bonchev–Trinajstić information content (AvgIpc) is 2.84. The topological polar surface area (TPSA) is 96.9 Å². The molecule has 1 saturated carbocycles. The Morgan fingerprint density at radius 3 is 2.42 bits per heavy atom. The number of aliphatic carboxylic acids is 1. The molecule has 0 heterocycles. The second kappa shape index (κ2) is 7.30. The molecule has 0 saturated heterocycles. The number of carboxylic acid groups (broad SMARTS) is 1. The van der Waals surface area contributed by atoms with Gasteiger partial charge < -0.3 is 25.2 Å². The molecule has 0 spiro atoms. The van der Waals surface area contributed by atoms with Crippen molar-refractivity contribution in [1.29, 1.82) is 0 Å². The van der Waals surface area contributed by atoms with Crippen LogP contribution in [0, 0.1) is 0 Å². The zero-order chi connectivity index (χ0) is 14.3. The first-order valence-corrected chi connectivity index (χ1v) is 6.35. The highest BCUT2D eigenvalue weighted by Crippen LogP contribution is 2.29. The highest BCUT2D eigenvalue weighted by atomic mass is 16.5. The maximum atomic E-state index is 11.8. The third-order valence-corrected chi connectivity index (χ3v) is 3.40. The van der Waals surface area contributed by atoms with Crippen LogP contribution in [0.2, 0.25) is 0 Å². The van der Waals surface area contributed by atoms with Gasteiger partial charge in [0.15, 0.2) is 0 Å². The number of ether oxygens (including phenoxy) is 2. The highest BCUT2D eigenvalue weighted by Gasteiger charge is 2.42. The molecule has 1 aliphatic carbocycles. The molecule has 0 aromatic heterocycles. The van der Waals surface area contributed by atoms with Crippen molar-refractivity contribution in [1.82, 2.24) is 10.6 Å². The summed E-state index contributed by atoms with van der Waals surface area (Å²) in [4.78, 5) is 23.0. The molecule has 0 radical (unpaired) electrons. The van der Waals surface area contributed by atoms with Crippen LogP contribution in [0.5, 0.6) is 0 Å². The summed E-state index contributed by atoms with van der Waals surface area (Å²) in [6.45, 7) is 0.632. The lowest BCUT2D eigenvalue weighted by Gasteiger charge is -2.26. The second-order valence-corrected chi connectivity index (χ2v) is 4.74. The molecule has 1 fully saturated rings. The molecule has 1 atom stereocenters. The van der Waals surface area contributed by atoms with Gasteiger partial charge in [-0.15, -0.1) is 0 Å². The zero-order valence-corrected chi connectivity index (χ0v) is 11.4. The number of carbonyl (C=O) groups excluding carboxylic acids is 1. The van der Waals surface area contributed by atoms with Gasteiger partial charge >= 0.3 is 12.0 Å². The van der Waals surface area contributed by atoms with Crippen LogP contribution in [-0.4, -0.2) is 56.1 Å². The number of carbonyl (C=O) groups is 2. The predicted molar refractivity (Wildman–Crippen MR) is 68.0 cm³/mol. The quantitative estimate of drug-likeness (QED) is 0.622. The monoisotopic (exact) mass is 274 g/mol. The first kappa shape index (κ1) is 15.7. The molecular weight excluding hydrogens is 252 g/mol. The maximum absolute atomic E-state index is 11.8. The van der Waals surface area contributed by atoms with E-state index in [1.54, 1.807) is 7.11 Å². The van der Waals surface area contributed by atoms with E-state index in [2.05, 4.69) is 10.6 Å². The molecule has 1 unspecified atom stereocenters. The average molecular weight is 274 g/mol. The van der Waals surface area contributed by atoms with Crippen molar-refractivity contribution in [3.63, 3.8) is 0 Å². The van der Waals surface area contributed by atoms with Crippen LogP contribution in [0.1, 0.15) is 25.7 Å². The number of hydrogen-bond acceptors (Lipinski definition) is 4. The molecule has 7 heteroatoms. The van der Waals surface area contributed by atoms with E-state index in [0.29, 0.717) is 19.4 Å². The lowest BCUT2D eigenvalue weighted by molar-refractivity contribution is -0.144. The van der Waals surface area contributed by atoms with Gasteiger partial charge in [-0.1, -0.05) is 12.8 Å². The fraction of sp³-hybridized carbons (Fsp3) is 0.833. The molecule has 0 bridgehead atoms. The maximum Gasteiger partial charge on any atom is 0.329 e. The summed E-state index contributed by atoms with van der Waals surface area (Å²) in [6, 6.07) is -0.484. The van der Waals surface area contributed by atoms with Crippen molar-refractivity contribution in [3.05, 3.63) is 0 Å². The van der Waals surface area contributed by atoms with Gasteiger partial charge in [0.2, 0.25) is 0 Å². The van der Waals surface area contributed by atoms with E-state index in [4.69, 9.17) is 9.47 Å². The minimum absolute atomic E-state index is 0.250. The molecule has 110 valence electrons. The lowest BCUT2D eigenvalue weighted by atomic mass is 9.98. The zero-order valence-electron chi connectivity index (χ0n) is 11.4. The minimum atomic E-state index is -1.12. The molecule has 0 aromatic carbocycles. The fourth-order valence-corrected chi connectivity index (χ4v) is 2.24.